The number of carbonyl (C=O) groups is 2. The standard InChI is InChI=1S/C29H41N3O3/c30-28(35)26-4-2-1-3-25(26)22-12-23-5-6-24(13-22)32(23)8-7-31(27(34)17-33)18-29-14-19-9-20(15-29)11-21(10-19)16-29/h1-4,19-24,33H,5-18H2,(H2,30,35). The number of nitrogens with zero attached hydrogens (tertiary/aromatic N) is 2. The Morgan fingerprint density at radius 3 is 2.14 bits per heavy atom. The monoisotopic (exact) mass is 479 g/mol. The van der Waals surface area contributed by atoms with Gasteiger partial charge in [0.2, 0.25) is 11.8 Å². The number of benzene rings is 1. The van der Waals surface area contributed by atoms with Crippen LogP contribution in [0.5, 0.6) is 0 Å². The van der Waals surface area contributed by atoms with Gasteiger partial charge >= 0.3 is 0 Å². The summed E-state index contributed by atoms with van der Waals surface area (Å²) in [6.07, 6.45) is 12.5. The molecule has 2 heterocycles. The van der Waals surface area contributed by atoms with E-state index in [-0.39, 0.29) is 18.4 Å². The van der Waals surface area contributed by atoms with Gasteiger partial charge in [0.25, 0.3) is 0 Å². The van der Waals surface area contributed by atoms with Gasteiger partial charge < -0.3 is 15.7 Å². The van der Waals surface area contributed by atoms with Crippen LogP contribution in [-0.2, 0) is 4.79 Å². The van der Waals surface area contributed by atoms with Gasteiger partial charge in [-0.25, -0.2) is 0 Å². The van der Waals surface area contributed by atoms with Gasteiger partial charge in [-0.2, -0.15) is 0 Å². The second-order valence-electron chi connectivity index (χ2n) is 12.6. The minimum Gasteiger partial charge on any atom is -0.387 e. The molecule has 2 unspecified atom stereocenters. The van der Waals surface area contributed by atoms with Gasteiger partial charge in [-0.05, 0) is 105 Å². The maximum atomic E-state index is 12.8. The summed E-state index contributed by atoms with van der Waals surface area (Å²) in [5.41, 5.74) is 7.74. The molecule has 1 aromatic carbocycles. The van der Waals surface area contributed by atoms with E-state index in [0.717, 1.165) is 55.8 Å². The Balaban J connectivity index is 1.12. The maximum absolute atomic E-state index is 12.8. The Hall–Kier alpha value is -1.92. The largest absolute Gasteiger partial charge is 0.387 e. The molecule has 6 nitrogen and oxygen atoms in total. The fraction of sp³-hybridized carbons (Fsp3) is 0.724. The average Bonchev–Trinajstić information content (AvgIpc) is 3.06. The number of rotatable bonds is 8. The molecule has 6 fully saturated rings. The first-order chi connectivity index (χ1) is 16.9. The van der Waals surface area contributed by atoms with Crippen molar-refractivity contribution in [1.82, 2.24) is 9.80 Å². The molecule has 2 saturated heterocycles. The van der Waals surface area contributed by atoms with Crippen molar-refractivity contribution < 1.29 is 14.7 Å². The predicted molar refractivity (Wildman–Crippen MR) is 135 cm³/mol. The Kier molecular flexibility index (Phi) is 6.16. The van der Waals surface area contributed by atoms with E-state index in [1.165, 1.54) is 51.4 Å². The summed E-state index contributed by atoms with van der Waals surface area (Å²) in [5, 5.41) is 9.76. The Morgan fingerprint density at radius 1 is 0.971 bits per heavy atom. The minimum absolute atomic E-state index is 0.0987. The highest BCUT2D eigenvalue weighted by molar-refractivity contribution is 5.94. The average molecular weight is 480 g/mol. The molecule has 2 atom stereocenters. The third kappa shape index (κ3) is 4.42. The lowest BCUT2D eigenvalue weighted by molar-refractivity contribution is -0.140. The molecule has 6 aliphatic rings. The molecule has 190 valence electrons. The lowest BCUT2D eigenvalue weighted by Gasteiger charge is -2.58. The molecule has 0 aromatic heterocycles. The molecule has 35 heavy (non-hydrogen) atoms. The number of fused-ring (bicyclic) bond motifs is 2. The molecule has 4 saturated carbocycles. The summed E-state index contributed by atoms with van der Waals surface area (Å²) in [5.74, 6) is 2.53. The number of aliphatic hydroxyl groups excluding tert-OH is 1. The van der Waals surface area contributed by atoms with Crippen LogP contribution in [0.4, 0.5) is 0 Å². The van der Waals surface area contributed by atoms with Gasteiger partial charge in [-0.1, -0.05) is 18.2 Å². The molecule has 2 aliphatic heterocycles. The van der Waals surface area contributed by atoms with Crippen molar-refractivity contribution in [2.75, 3.05) is 26.2 Å². The Morgan fingerprint density at radius 2 is 1.57 bits per heavy atom. The normalized spacial score (nSPS) is 37.5. The number of amides is 2. The third-order valence-corrected chi connectivity index (χ3v) is 10.4. The van der Waals surface area contributed by atoms with Crippen molar-refractivity contribution in [3.8, 4) is 0 Å². The van der Waals surface area contributed by atoms with E-state index < -0.39 is 0 Å². The zero-order valence-electron chi connectivity index (χ0n) is 20.9. The van der Waals surface area contributed by atoms with Crippen LogP contribution < -0.4 is 5.73 Å². The molecule has 3 N–H and O–H groups in total. The molecule has 4 aliphatic carbocycles. The summed E-state index contributed by atoms with van der Waals surface area (Å²) < 4.78 is 0. The molecule has 6 bridgehead atoms. The fourth-order valence-corrected chi connectivity index (χ4v) is 9.49. The van der Waals surface area contributed by atoms with Gasteiger partial charge in [0, 0.05) is 37.3 Å². The Bertz CT molecular complexity index is 928. The van der Waals surface area contributed by atoms with Crippen molar-refractivity contribution in [2.45, 2.75) is 82.2 Å². The topological polar surface area (TPSA) is 86.9 Å². The predicted octanol–water partition coefficient (Wildman–Crippen LogP) is 3.53. The number of primary amides is 1. The van der Waals surface area contributed by atoms with Crippen LogP contribution in [-0.4, -0.2) is 65.0 Å². The van der Waals surface area contributed by atoms with E-state index in [1.54, 1.807) is 0 Å². The summed E-state index contributed by atoms with van der Waals surface area (Å²) >= 11 is 0. The van der Waals surface area contributed by atoms with Crippen molar-refractivity contribution >= 4 is 11.8 Å². The molecule has 2 amide bonds. The first-order valence-electron chi connectivity index (χ1n) is 14.0. The van der Waals surface area contributed by atoms with E-state index in [2.05, 4.69) is 11.0 Å². The molecule has 6 heteroatoms. The number of hydrogen-bond acceptors (Lipinski definition) is 4. The van der Waals surface area contributed by atoms with Crippen LogP contribution in [0.1, 0.15) is 86.0 Å². The second kappa shape index (κ2) is 9.19. The van der Waals surface area contributed by atoms with Crippen molar-refractivity contribution in [1.29, 1.82) is 0 Å². The van der Waals surface area contributed by atoms with E-state index in [9.17, 15) is 14.7 Å². The summed E-state index contributed by atoms with van der Waals surface area (Å²) in [6.45, 7) is 2.06. The van der Waals surface area contributed by atoms with Crippen molar-refractivity contribution in [3.63, 3.8) is 0 Å². The molecule has 0 radical (unpaired) electrons. The maximum Gasteiger partial charge on any atom is 0.248 e. The van der Waals surface area contributed by atoms with Crippen molar-refractivity contribution in [2.24, 2.45) is 28.9 Å². The Labute approximate surface area is 209 Å². The number of piperidine rings is 1. The van der Waals surface area contributed by atoms with Crippen LogP contribution in [0.3, 0.4) is 0 Å². The third-order valence-electron chi connectivity index (χ3n) is 10.4. The quantitative estimate of drug-likeness (QED) is 0.597. The van der Waals surface area contributed by atoms with Crippen LogP contribution in [0, 0.1) is 23.2 Å². The van der Waals surface area contributed by atoms with Gasteiger partial charge in [0.1, 0.15) is 6.61 Å². The highest BCUT2D eigenvalue weighted by Crippen LogP contribution is 2.60. The van der Waals surface area contributed by atoms with Gasteiger partial charge in [0.15, 0.2) is 0 Å². The van der Waals surface area contributed by atoms with Crippen LogP contribution in [0.2, 0.25) is 0 Å². The highest BCUT2D eigenvalue weighted by Gasteiger charge is 2.51. The molecular formula is C29H41N3O3. The van der Waals surface area contributed by atoms with Crippen LogP contribution >= 0.6 is 0 Å². The molecular weight excluding hydrogens is 438 g/mol. The van der Waals surface area contributed by atoms with Crippen LogP contribution in [0.25, 0.3) is 0 Å². The fourth-order valence-electron chi connectivity index (χ4n) is 9.49. The SMILES string of the molecule is NC(=O)c1ccccc1C1CC2CCC(C1)N2CCN(CC12CC3CC(CC(C3)C1)C2)C(=O)CO. The minimum atomic E-state index is -0.384. The second-order valence-corrected chi connectivity index (χ2v) is 12.6. The lowest BCUT2D eigenvalue weighted by Crippen LogP contribution is -2.54. The van der Waals surface area contributed by atoms with Crippen molar-refractivity contribution in [3.05, 3.63) is 35.4 Å². The molecule has 0 spiro atoms. The molecule has 1 aromatic rings. The number of nitrogens with two attached hydrogens (primary N) is 1. The van der Waals surface area contributed by atoms with Gasteiger partial charge in [0.05, 0.1) is 0 Å². The first-order valence-corrected chi connectivity index (χ1v) is 14.0. The number of aliphatic hydroxyl groups is 1. The van der Waals surface area contributed by atoms with Crippen LogP contribution in [0.15, 0.2) is 24.3 Å². The van der Waals surface area contributed by atoms with Gasteiger partial charge in [-0.15, -0.1) is 0 Å². The smallest absolute Gasteiger partial charge is 0.248 e. The van der Waals surface area contributed by atoms with E-state index in [4.69, 9.17) is 5.73 Å². The lowest BCUT2D eigenvalue weighted by atomic mass is 9.49. The zero-order chi connectivity index (χ0) is 24.2. The van der Waals surface area contributed by atoms with E-state index in [0.29, 0.717) is 29.0 Å². The first kappa shape index (κ1) is 23.5. The number of carbonyl (C=O) groups excluding carboxylic acids is 2. The highest BCUT2D eigenvalue weighted by atomic mass is 16.3. The summed E-state index contributed by atoms with van der Waals surface area (Å²) in [7, 11) is 0. The number of hydrogen-bond donors (Lipinski definition) is 2. The van der Waals surface area contributed by atoms with E-state index in [1.807, 2.05) is 23.1 Å². The summed E-state index contributed by atoms with van der Waals surface area (Å²) in [4.78, 5) is 29.5. The summed E-state index contributed by atoms with van der Waals surface area (Å²) in [6, 6.07) is 8.82. The van der Waals surface area contributed by atoms with Gasteiger partial charge in [-0.3, -0.25) is 14.5 Å². The molecule has 7 rings (SSSR count). The zero-order valence-corrected chi connectivity index (χ0v) is 20.9. The van der Waals surface area contributed by atoms with E-state index >= 15 is 0 Å².